The van der Waals surface area contributed by atoms with Crippen LogP contribution in [0.4, 0.5) is 0 Å². The Morgan fingerprint density at radius 1 is 1.50 bits per heavy atom. The summed E-state index contributed by atoms with van der Waals surface area (Å²) >= 11 is 0. The predicted molar refractivity (Wildman–Crippen MR) is 50.1 cm³/mol. The van der Waals surface area contributed by atoms with E-state index < -0.39 is 0 Å². The second-order valence-electron chi connectivity index (χ2n) is 3.86. The van der Waals surface area contributed by atoms with Gasteiger partial charge in [0, 0.05) is 11.6 Å². The molecule has 0 N–H and O–H groups in total. The molecule has 0 fully saturated rings. The van der Waals surface area contributed by atoms with Crippen LogP contribution >= 0.6 is 0 Å². The number of nitrogens with zero attached hydrogens (tertiary/aromatic N) is 3. The zero-order valence-electron chi connectivity index (χ0n) is 7.65. The molecule has 0 radical (unpaired) electrons. The van der Waals surface area contributed by atoms with Gasteiger partial charge in [-0.05, 0) is 13.0 Å². The maximum atomic E-state index is 4.34. The summed E-state index contributed by atoms with van der Waals surface area (Å²) in [7, 11) is 0. The Kier molecular flexibility index (Phi) is 1.37. The maximum Gasteiger partial charge on any atom is 0.148 e. The number of aliphatic imine (C=N–C) groups is 1. The summed E-state index contributed by atoms with van der Waals surface area (Å²) in [5.41, 5.74) is 0.0551. The molecule has 0 aliphatic carbocycles. The van der Waals surface area contributed by atoms with E-state index in [4.69, 9.17) is 0 Å². The van der Waals surface area contributed by atoms with Gasteiger partial charge < -0.3 is 0 Å². The number of hydrazone groups is 1. The van der Waals surface area contributed by atoms with E-state index in [1.54, 1.807) is 0 Å². The number of fused-ring (bicyclic) bond motifs is 1. The van der Waals surface area contributed by atoms with E-state index in [-0.39, 0.29) is 11.6 Å². The molecule has 0 aromatic heterocycles. The molecule has 2 aliphatic heterocycles. The molecule has 1 atom stereocenters. The van der Waals surface area contributed by atoms with Crippen LogP contribution in [0.5, 0.6) is 0 Å². The minimum atomic E-state index is 0.0551. The van der Waals surface area contributed by atoms with Crippen LogP contribution in [0.3, 0.4) is 0 Å². The lowest BCUT2D eigenvalue weighted by molar-refractivity contribution is 0.306. The third-order valence-corrected chi connectivity index (χ3v) is 2.08. The van der Waals surface area contributed by atoms with Crippen LogP contribution in [0.15, 0.2) is 22.2 Å². The molecule has 2 rings (SSSR count). The van der Waals surface area contributed by atoms with Gasteiger partial charge in [-0.25, -0.2) is 10.0 Å². The van der Waals surface area contributed by atoms with Crippen LogP contribution in [0, 0.1) is 5.41 Å². The lowest BCUT2D eigenvalue weighted by atomic mass is 9.95. The highest BCUT2D eigenvalue weighted by Gasteiger charge is 2.27. The Bertz CT molecular complexity index is 286. The van der Waals surface area contributed by atoms with Gasteiger partial charge in [0.2, 0.25) is 0 Å². The van der Waals surface area contributed by atoms with E-state index in [0.717, 1.165) is 5.84 Å². The van der Waals surface area contributed by atoms with Crippen molar-refractivity contribution in [2.45, 2.75) is 26.9 Å². The van der Waals surface area contributed by atoms with Crippen LogP contribution in [0.25, 0.3) is 0 Å². The summed E-state index contributed by atoms with van der Waals surface area (Å²) in [6, 6.07) is 0. The van der Waals surface area contributed by atoms with Crippen molar-refractivity contribution in [3.05, 3.63) is 12.2 Å². The van der Waals surface area contributed by atoms with Crippen molar-refractivity contribution in [1.29, 1.82) is 0 Å². The summed E-state index contributed by atoms with van der Waals surface area (Å²) in [6.45, 7) is 6.29. The van der Waals surface area contributed by atoms with Gasteiger partial charge in [0.05, 0.1) is 0 Å². The van der Waals surface area contributed by atoms with Crippen LogP contribution in [-0.4, -0.2) is 23.2 Å². The van der Waals surface area contributed by atoms with Crippen molar-refractivity contribution in [2.24, 2.45) is 15.5 Å². The lowest BCUT2D eigenvalue weighted by Gasteiger charge is -2.31. The Morgan fingerprint density at radius 3 is 2.92 bits per heavy atom. The van der Waals surface area contributed by atoms with Crippen molar-refractivity contribution >= 4 is 12.1 Å². The Hall–Kier alpha value is -1.12. The fourth-order valence-electron chi connectivity index (χ4n) is 1.26. The van der Waals surface area contributed by atoms with Gasteiger partial charge in [-0.1, -0.05) is 19.9 Å². The molecule has 12 heavy (non-hydrogen) atoms. The highest BCUT2D eigenvalue weighted by atomic mass is 15.6. The first-order valence-corrected chi connectivity index (χ1v) is 4.20. The SMILES string of the molecule is CC1N=C2C=CC(C)(C)C=NN21. The monoisotopic (exact) mass is 163 g/mol. The van der Waals surface area contributed by atoms with Crippen LogP contribution in [-0.2, 0) is 0 Å². The van der Waals surface area contributed by atoms with E-state index >= 15 is 0 Å². The third-order valence-electron chi connectivity index (χ3n) is 2.08. The van der Waals surface area contributed by atoms with Gasteiger partial charge in [-0.3, -0.25) is 0 Å². The minimum absolute atomic E-state index is 0.0551. The van der Waals surface area contributed by atoms with Gasteiger partial charge in [0.15, 0.2) is 0 Å². The quantitative estimate of drug-likeness (QED) is 0.533. The molecular formula is C9H13N3. The van der Waals surface area contributed by atoms with E-state index in [9.17, 15) is 0 Å². The van der Waals surface area contributed by atoms with E-state index in [0.29, 0.717) is 0 Å². The van der Waals surface area contributed by atoms with Crippen LogP contribution in [0.1, 0.15) is 20.8 Å². The topological polar surface area (TPSA) is 28.0 Å². The Morgan fingerprint density at radius 2 is 2.25 bits per heavy atom. The Balaban J connectivity index is 2.32. The third kappa shape index (κ3) is 1.05. The number of hydrogen-bond acceptors (Lipinski definition) is 3. The highest BCUT2D eigenvalue weighted by molar-refractivity contribution is 5.98. The molecule has 1 unspecified atom stereocenters. The molecule has 0 aromatic rings. The summed E-state index contributed by atoms with van der Waals surface area (Å²) in [5.74, 6) is 0.976. The zero-order chi connectivity index (χ0) is 8.77. The number of allylic oxidation sites excluding steroid dienone is 1. The first-order valence-electron chi connectivity index (χ1n) is 4.20. The fraction of sp³-hybridized carbons (Fsp3) is 0.556. The molecule has 64 valence electrons. The molecule has 0 saturated heterocycles. The number of hydrogen-bond donors (Lipinski definition) is 0. The lowest BCUT2D eigenvalue weighted by Crippen LogP contribution is -2.41. The molecule has 0 bridgehead atoms. The van der Waals surface area contributed by atoms with Gasteiger partial charge in [-0.2, -0.15) is 5.10 Å². The average molecular weight is 163 g/mol. The summed E-state index contributed by atoms with van der Waals surface area (Å²) < 4.78 is 0. The smallest absolute Gasteiger partial charge is 0.148 e. The van der Waals surface area contributed by atoms with Crippen LogP contribution in [0.2, 0.25) is 0 Å². The van der Waals surface area contributed by atoms with Crippen molar-refractivity contribution in [1.82, 2.24) is 5.01 Å². The fourth-order valence-corrected chi connectivity index (χ4v) is 1.26. The summed E-state index contributed by atoms with van der Waals surface area (Å²) in [6.07, 6.45) is 6.34. The predicted octanol–water partition coefficient (Wildman–Crippen LogP) is 1.63. The Labute approximate surface area is 72.5 Å². The molecule has 0 aromatic carbocycles. The van der Waals surface area contributed by atoms with Gasteiger partial charge >= 0.3 is 0 Å². The van der Waals surface area contributed by atoms with Gasteiger partial charge in [-0.15, -0.1) is 0 Å². The molecule has 2 aliphatic rings. The zero-order valence-corrected chi connectivity index (χ0v) is 7.65. The van der Waals surface area contributed by atoms with Crippen molar-refractivity contribution in [2.75, 3.05) is 0 Å². The number of rotatable bonds is 0. The van der Waals surface area contributed by atoms with Gasteiger partial charge in [0.1, 0.15) is 12.0 Å². The second-order valence-corrected chi connectivity index (χ2v) is 3.86. The summed E-state index contributed by atoms with van der Waals surface area (Å²) in [5, 5.41) is 6.28. The first kappa shape index (κ1) is 7.53. The maximum absolute atomic E-state index is 4.34. The minimum Gasteiger partial charge on any atom is -0.240 e. The molecule has 0 spiro atoms. The normalized spacial score (nSPS) is 30.4. The van der Waals surface area contributed by atoms with E-state index in [1.807, 2.05) is 24.2 Å². The summed E-state index contributed by atoms with van der Waals surface area (Å²) in [4.78, 5) is 4.31. The molecule has 0 amide bonds. The van der Waals surface area contributed by atoms with E-state index in [2.05, 4.69) is 30.0 Å². The highest BCUT2D eigenvalue weighted by Crippen LogP contribution is 2.23. The van der Waals surface area contributed by atoms with Crippen LogP contribution < -0.4 is 0 Å². The molecule has 0 saturated carbocycles. The molecule has 2 heterocycles. The standard InChI is InChI=1S/C9H13N3/c1-7-11-8-4-5-9(2,3)6-10-12(7)8/h4-7H,1-3H3. The van der Waals surface area contributed by atoms with Gasteiger partial charge in [0.25, 0.3) is 0 Å². The first-order chi connectivity index (χ1) is 5.58. The molecule has 3 nitrogen and oxygen atoms in total. The number of amidine groups is 1. The van der Waals surface area contributed by atoms with Crippen molar-refractivity contribution < 1.29 is 0 Å². The molecule has 3 heteroatoms. The second kappa shape index (κ2) is 2.19. The van der Waals surface area contributed by atoms with Crippen molar-refractivity contribution in [3.8, 4) is 0 Å². The average Bonchev–Trinajstić information content (AvgIpc) is 2.06. The van der Waals surface area contributed by atoms with Crippen molar-refractivity contribution in [3.63, 3.8) is 0 Å². The molecular weight excluding hydrogens is 150 g/mol. The largest absolute Gasteiger partial charge is 0.240 e. The van der Waals surface area contributed by atoms with E-state index in [1.165, 1.54) is 0 Å².